The van der Waals surface area contributed by atoms with Gasteiger partial charge in [0, 0.05) is 24.0 Å². The van der Waals surface area contributed by atoms with E-state index in [-0.39, 0.29) is 18.7 Å². The summed E-state index contributed by atoms with van der Waals surface area (Å²) in [5.41, 5.74) is 11.5. The number of anilines is 1. The van der Waals surface area contributed by atoms with Crippen molar-refractivity contribution < 1.29 is 28.2 Å². The molecule has 12 nitrogen and oxygen atoms in total. The minimum absolute atomic E-state index is 0.00819. The van der Waals surface area contributed by atoms with Gasteiger partial charge in [0.25, 0.3) is 0 Å². The summed E-state index contributed by atoms with van der Waals surface area (Å²) in [6.07, 6.45) is 0.129. The van der Waals surface area contributed by atoms with Crippen LogP contribution in [0.4, 0.5) is 10.2 Å². The summed E-state index contributed by atoms with van der Waals surface area (Å²) in [5, 5.41) is 3.53. The molecule has 0 aliphatic carbocycles. The summed E-state index contributed by atoms with van der Waals surface area (Å²) in [6.45, 7) is 3.23. The fraction of sp³-hybridized carbons (Fsp3) is 0.714. The molecule has 34 heavy (non-hydrogen) atoms. The zero-order chi connectivity index (χ0) is 25.1. The molecule has 188 valence electrons. The van der Waals surface area contributed by atoms with Gasteiger partial charge in [-0.3, -0.25) is 14.2 Å². The highest BCUT2D eigenvalue weighted by molar-refractivity contribution is 5.70. The number of hydrogen-bond acceptors (Lipinski definition) is 9. The first-order valence-electron chi connectivity index (χ1n) is 11.4. The van der Waals surface area contributed by atoms with Gasteiger partial charge in [-0.2, -0.15) is 4.98 Å². The van der Waals surface area contributed by atoms with Gasteiger partial charge in [-0.25, -0.2) is 9.18 Å². The quantitative estimate of drug-likeness (QED) is 0.147. The van der Waals surface area contributed by atoms with Gasteiger partial charge in [-0.1, -0.05) is 44.6 Å². The number of nitrogen functional groups attached to an aromatic ring is 1. The van der Waals surface area contributed by atoms with E-state index in [2.05, 4.69) is 15.0 Å². The molecule has 1 fully saturated rings. The Bertz CT molecular complexity index is 952. The van der Waals surface area contributed by atoms with Crippen molar-refractivity contribution in [1.29, 1.82) is 0 Å². The van der Waals surface area contributed by atoms with E-state index in [9.17, 15) is 14.4 Å². The van der Waals surface area contributed by atoms with Crippen molar-refractivity contribution in [3.8, 4) is 0 Å². The normalized spacial score (nSPS) is 23.8. The fourth-order valence-corrected chi connectivity index (χ4v) is 3.52. The lowest BCUT2D eigenvalue weighted by Gasteiger charge is -2.28. The molecule has 1 aliphatic heterocycles. The second-order valence-corrected chi connectivity index (χ2v) is 8.01. The van der Waals surface area contributed by atoms with E-state index in [0.29, 0.717) is 12.8 Å². The zero-order valence-corrected chi connectivity index (χ0v) is 19.4. The molecule has 1 aromatic heterocycles. The first-order chi connectivity index (χ1) is 16.3. The predicted octanol–water partition coefficient (Wildman–Crippen LogP) is 3.31. The third kappa shape index (κ3) is 6.91. The third-order valence-corrected chi connectivity index (χ3v) is 5.34. The number of rotatable bonds is 13. The molecule has 2 rings (SSSR count). The number of nitrogens with two attached hydrogens (primary N) is 1. The number of hydrogen-bond donors (Lipinski definition) is 1. The van der Waals surface area contributed by atoms with Gasteiger partial charge >= 0.3 is 17.6 Å². The molecule has 4 atom stereocenters. The van der Waals surface area contributed by atoms with Gasteiger partial charge in [0.2, 0.25) is 5.72 Å². The molecule has 1 unspecified atom stereocenters. The second kappa shape index (κ2) is 12.9. The first kappa shape index (κ1) is 27.1. The van der Waals surface area contributed by atoms with Crippen molar-refractivity contribution >= 4 is 17.8 Å². The molecule has 1 aliphatic rings. The number of nitrogens with zero attached hydrogens (tertiary/aromatic N) is 5. The van der Waals surface area contributed by atoms with Crippen LogP contribution in [0, 0.1) is 0 Å². The molecule has 0 amide bonds. The van der Waals surface area contributed by atoms with Gasteiger partial charge < -0.3 is 19.9 Å². The number of ether oxygens (including phenoxy) is 3. The minimum Gasteiger partial charge on any atom is -0.462 e. The number of unbranched alkanes of at least 4 members (excludes halogenated alkanes) is 4. The Morgan fingerprint density at radius 2 is 1.91 bits per heavy atom. The van der Waals surface area contributed by atoms with E-state index in [1.165, 1.54) is 6.07 Å². The first-order valence-corrected chi connectivity index (χ1v) is 11.4. The van der Waals surface area contributed by atoms with Crippen LogP contribution in [-0.4, -0.2) is 46.1 Å². The second-order valence-electron chi connectivity index (χ2n) is 8.01. The van der Waals surface area contributed by atoms with E-state index in [4.69, 9.17) is 25.5 Å². The maximum atomic E-state index is 15.6. The maximum absolute atomic E-state index is 15.6. The Hall–Kier alpha value is -3.18. The van der Waals surface area contributed by atoms with Crippen LogP contribution in [-0.2, 0) is 23.8 Å². The van der Waals surface area contributed by atoms with Crippen molar-refractivity contribution in [3.63, 3.8) is 0 Å². The monoisotopic (exact) mass is 482 g/mol. The van der Waals surface area contributed by atoms with Gasteiger partial charge in [-0.05, 0) is 24.4 Å². The molecule has 2 N–H and O–H groups in total. The van der Waals surface area contributed by atoms with Gasteiger partial charge in [0.1, 0.15) is 12.4 Å². The van der Waals surface area contributed by atoms with Crippen LogP contribution >= 0.6 is 0 Å². The summed E-state index contributed by atoms with van der Waals surface area (Å²) in [4.78, 5) is 43.1. The van der Waals surface area contributed by atoms with E-state index in [1.807, 2.05) is 13.8 Å². The molecule has 0 aromatic carbocycles. The largest absolute Gasteiger partial charge is 0.462 e. The van der Waals surface area contributed by atoms with Crippen LogP contribution in [0.1, 0.15) is 71.4 Å². The number of carbonyl (C=O) groups is 2. The molecule has 1 saturated heterocycles. The maximum Gasteiger partial charge on any atom is 0.351 e. The fourth-order valence-electron chi connectivity index (χ4n) is 3.52. The van der Waals surface area contributed by atoms with Gasteiger partial charge in [0.15, 0.2) is 18.5 Å². The highest BCUT2D eigenvalue weighted by Gasteiger charge is 2.60. The smallest absolute Gasteiger partial charge is 0.351 e. The number of aromatic nitrogens is 2. The molecule has 13 heteroatoms. The average molecular weight is 483 g/mol. The molecule has 1 aromatic rings. The molecule has 0 radical (unpaired) electrons. The van der Waals surface area contributed by atoms with E-state index in [0.717, 1.165) is 36.4 Å². The Morgan fingerprint density at radius 1 is 1.26 bits per heavy atom. The van der Waals surface area contributed by atoms with Crippen molar-refractivity contribution in [2.45, 2.75) is 89.4 Å². The van der Waals surface area contributed by atoms with E-state index in [1.54, 1.807) is 0 Å². The highest BCUT2D eigenvalue weighted by atomic mass is 19.1. The molecular formula is C21H31FN6O6. The van der Waals surface area contributed by atoms with Crippen LogP contribution < -0.4 is 11.4 Å². The predicted molar refractivity (Wildman–Crippen MR) is 119 cm³/mol. The van der Waals surface area contributed by atoms with E-state index < -0.39 is 48.5 Å². The molecule has 0 saturated carbocycles. The molecule has 0 bridgehead atoms. The lowest BCUT2D eigenvalue weighted by molar-refractivity contribution is -0.177. The number of carbonyl (C=O) groups excluding carboxylic acids is 2. The number of esters is 2. The SMILES string of the molecule is CCCCCC(=O)OCC1(N=[N+]=[N-])O[C@@H](n2ccc(N)nc2=O)[C@H](F)[C@@H]1OC(=O)CCCCC. The third-order valence-electron chi connectivity index (χ3n) is 5.34. The lowest BCUT2D eigenvalue weighted by atomic mass is 10.1. The average Bonchev–Trinajstić information content (AvgIpc) is 3.05. The van der Waals surface area contributed by atoms with Crippen LogP contribution in [0.15, 0.2) is 22.2 Å². The topological polar surface area (TPSA) is 171 Å². The standard InChI is InChI=1S/C21H31FN6O6/c1-3-5-7-9-15(29)32-13-21(26-27-24)18(33-16(30)10-8-6-4-2)17(22)19(34-21)28-12-11-14(23)25-20(28)31/h11-12,17-19H,3-10,13H2,1-2H3,(H2,23,25,31)/t17-,18+,19-,21?/m1/s1. The van der Waals surface area contributed by atoms with Crippen molar-refractivity contribution in [2.24, 2.45) is 5.11 Å². The summed E-state index contributed by atoms with van der Waals surface area (Å²) >= 11 is 0. The number of halogens is 1. The Morgan fingerprint density at radius 3 is 2.50 bits per heavy atom. The van der Waals surface area contributed by atoms with E-state index >= 15 is 4.39 Å². The van der Waals surface area contributed by atoms with Crippen molar-refractivity contribution in [3.05, 3.63) is 33.2 Å². The highest BCUT2D eigenvalue weighted by Crippen LogP contribution is 2.42. The van der Waals surface area contributed by atoms with Gasteiger partial charge in [-0.15, -0.1) is 0 Å². The summed E-state index contributed by atoms with van der Waals surface area (Å²) in [7, 11) is 0. The van der Waals surface area contributed by atoms with Crippen molar-refractivity contribution in [2.75, 3.05) is 12.3 Å². The molecular weight excluding hydrogens is 451 g/mol. The van der Waals surface area contributed by atoms with Crippen LogP contribution in [0.5, 0.6) is 0 Å². The minimum atomic E-state index is -2.22. The van der Waals surface area contributed by atoms with Crippen LogP contribution in [0.3, 0.4) is 0 Å². The Balaban J connectivity index is 2.33. The number of alkyl halides is 1. The summed E-state index contributed by atoms with van der Waals surface area (Å²) in [6, 6.07) is 1.25. The van der Waals surface area contributed by atoms with Crippen LogP contribution in [0.2, 0.25) is 0 Å². The van der Waals surface area contributed by atoms with Gasteiger partial charge in [0.05, 0.1) is 0 Å². The molecule has 2 heterocycles. The Kier molecular flexibility index (Phi) is 10.3. The summed E-state index contributed by atoms with van der Waals surface area (Å²) in [5.74, 6) is -1.43. The zero-order valence-electron chi connectivity index (χ0n) is 19.4. The Labute approximate surface area is 196 Å². The van der Waals surface area contributed by atoms with Crippen LogP contribution in [0.25, 0.3) is 10.4 Å². The number of azide groups is 1. The molecule has 0 spiro atoms. The van der Waals surface area contributed by atoms with Crippen molar-refractivity contribution in [1.82, 2.24) is 9.55 Å². The summed E-state index contributed by atoms with van der Waals surface area (Å²) < 4.78 is 32.6. The lowest BCUT2D eigenvalue weighted by Crippen LogP contribution is -2.47.